The smallest absolute Gasteiger partial charge is 0.124 e. The maximum atomic E-state index is 9.19. The average molecular weight is 217 g/mol. The summed E-state index contributed by atoms with van der Waals surface area (Å²) in [6.07, 6.45) is 0. The molecule has 0 bridgehead atoms. The van der Waals surface area contributed by atoms with Gasteiger partial charge in [-0.1, -0.05) is 30.3 Å². The average Bonchev–Trinajstić information content (AvgIpc) is 2.36. The van der Waals surface area contributed by atoms with Crippen molar-refractivity contribution in [2.24, 2.45) is 5.73 Å². The molecule has 1 atom stereocenters. The molecule has 0 aromatic heterocycles. The molecule has 0 aliphatic rings. The topological polar surface area (TPSA) is 55.5 Å². The van der Waals surface area contributed by atoms with Gasteiger partial charge in [-0.2, -0.15) is 0 Å². The second kappa shape index (κ2) is 4.51. The number of benzene rings is 2. The summed E-state index contributed by atoms with van der Waals surface area (Å²) in [5.41, 5.74) is 6.77. The number of fused-ring (bicyclic) bond motifs is 1. The second-order valence-electron chi connectivity index (χ2n) is 3.69. The van der Waals surface area contributed by atoms with E-state index in [1.807, 2.05) is 36.4 Å². The first-order valence-corrected chi connectivity index (χ1v) is 5.20. The zero-order chi connectivity index (χ0) is 11.5. The summed E-state index contributed by atoms with van der Waals surface area (Å²) in [4.78, 5) is 0. The Morgan fingerprint density at radius 3 is 2.69 bits per heavy atom. The van der Waals surface area contributed by atoms with Crippen LogP contribution in [-0.2, 0) is 0 Å². The summed E-state index contributed by atoms with van der Waals surface area (Å²) in [5, 5.41) is 11.3. The van der Waals surface area contributed by atoms with E-state index >= 15 is 0 Å². The Morgan fingerprint density at radius 2 is 2.00 bits per heavy atom. The highest BCUT2D eigenvalue weighted by atomic mass is 16.5. The fourth-order valence-corrected chi connectivity index (χ4v) is 1.93. The predicted molar refractivity (Wildman–Crippen MR) is 64.5 cm³/mol. The van der Waals surface area contributed by atoms with Crippen LogP contribution in [0, 0.1) is 0 Å². The van der Waals surface area contributed by atoms with E-state index in [2.05, 4.69) is 0 Å². The molecule has 0 saturated heterocycles. The third-order valence-corrected chi connectivity index (χ3v) is 2.72. The molecular formula is C13H15NO2. The van der Waals surface area contributed by atoms with Gasteiger partial charge in [0.1, 0.15) is 5.75 Å². The van der Waals surface area contributed by atoms with Gasteiger partial charge in [0.2, 0.25) is 0 Å². The summed E-state index contributed by atoms with van der Waals surface area (Å²) in [6, 6.07) is 11.4. The molecule has 0 aliphatic carbocycles. The molecule has 0 heterocycles. The van der Waals surface area contributed by atoms with Gasteiger partial charge in [0.25, 0.3) is 0 Å². The van der Waals surface area contributed by atoms with Crippen LogP contribution in [0.15, 0.2) is 36.4 Å². The molecule has 16 heavy (non-hydrogen) atoms. The van der Waals surface area contributed by atoms with Gasteiger partial charge < -0.3 is 15.6 Å². The van der Waals surface area contributed by atoms with Gasteiger partial charge in [-0.3, -0.25) is 0 Å². The molecule has 2 rings (SSSR count). The monoisotopic (exact) mass is 217 g/mol. The van der Waals surface area contributed by atoms with Crippen molar-refractivity contribution in [1.29, 1.82) is 0 Å². The molecule has 0 fully saturated rings. The molecule has 3 N–H and O–H groups in total. The van der Waals surface area contributed by atoms with Crippen molar-refractivity contribution in [2.75, 3.05) is 13.7 Å². The van der Waals surface area contributed by atoms with Gasteiger partial charge in [-0.15, -0.1) is 0 Å². The van der Waals surface area contributed by atoms with Crippen molar-refractivity contribution in [3.05, 3.63) is 42.0 Å². The Kier molecular flexibility index (Phi) is 3.08. The number of hydrogen-bond donors (Lipinski definition) is 2. The van der Waals surface area contributed by atoms with Gasteiger partial charge in [0.15, 0.2) is 0 Å². The largest absolute Gasteiger partial charge is 0.496 e. The molecule has 0 aliphatic heterocycles. The molecular weight excluding hydrogens is 202 g/mol. The van der Waals surface area contributed by atoms with Crippen LogP contribution < -0.4 is 10.5 Å². The Balaban J connectivity index is 2.72. The molecule has 0 saturated carbocycles. The van der Waals surface area contributed by atoms with E-state index in [-0.39, 0.29) is 6.61 Å². The van der Waals surface area contributed by atoms with Crippen LogP contribution in [0.25, 0.3) is 10.8 Å². The normalized spacial score (nSPS) is 12.7. The first kappa shape index (κ1) is 10.9. The molecule has 3 heteroatoms. The Morgan fingerprint density at radius 1 is 1.25 bits per heavy atom. The fourth-order valence-electron chi connectivity index (χ4n) is 1.93. The molecule has 3 nitrogen and oxygen atoms in total. The molecule has 0 spiro atoms. The van der Waals surface area contributed by atoms with Crippen molar-refractivity contribution in [3.8, 4) is 5.75 Å². The zero-order valence-electron chi connectivity index (χ0n) is 9.18. The minimum absolute atomic E-state index is 0.0929. The molecule has 84 valence electrons. The SMILES string of the molecule is COc1ccc2ccccc2c1[C@@H](N)CO. The lowest BCUT2D eigenvalue weighted by Gasteiger charge is -2.16. The summed E-state index contributed by atoms with van der Waals surface area (Å²) in [6.45, 7) is -0.0929. The first-order chi connectivity index (χ1) is 7.77. The van der Waals surface area contributed by atoms with E-state index in [1.165, 1.54) is 0 Å². The minimum atomic E-state index is -0.416. The quantitative estimate of drug-likeness (QED) is 0.824. The summed E-state index contributed by atoms with van der Waals surface area (Å²) < 4.78 is 5.29. The zero-order valence-corrected chi connectivity index (χ0v) is 9.18. The molecule has 0 unspecified atom stereocenters. The lowest BCUT2D eigenvalue weighted by molar-refractivity contribution is 0.265. The van der Waals surface area contributed by atoms with E-state index in [1.54, 1.807) is 7.11 Å². The van der Waals surface area contributed by atoms with Gasteiger partial charge in [-0.05, 0) is 16.8 Å². The fraction of sp³-hybridized carbons (Fsp3) is 0.231. The van der Waals surface area contributed by atoms with Crippen LogP contribution in [-0.4, -0.2) is 18.8 Å². The van der Waals surface area contributed by atoms with Gasteiger partial charge in [0, 0.05) is 5.56 Å². The predicted octanol–water partition coefficient (Wildman–Crippen LogP) is 1.84. The van der Waals surface area contributed by atoms with E-state index in [9.17, 15) is 5.11 Å². The van der Waals surface area contributed by atoms with Gasteiger partial charge >= 0.3 is 0 Å². The maximum absolute atomic E-state index is 9.19. The third kappa shape index (κ3) is 1.75. The van der Waals surface area contributed by atoms with Crippen molar-refractivity contribution in [3.63, 3.8) is 0 Å². The van der Waals surface area contributed by atoms with Crippen LogP contribution >= 0.6 is 0 Å². The molecule has 0 radical (unpaired) electrons. The Hall–Kier alpha value is -1.58. The van der Waals surface area contributed by atoms with Gasteiger partial charge in [-0.25, -0.2) is 0 Å². The number of hydrogen-bond acceptors (Lipinski definition) is 3. The second-order valence-corrected chi connectivity index (χ2v) is 3.69. The van der Waals surface area contributed by atoms with E-state index in [0.717, 1.165) is 22.1 Å². The number of ether oxygens (including phenoxy) is 1. The van der Waals surface area contributed by atoms with Crippen molar-refractivity contribution < 1.29 is 9.84 Å². The molecule has 2 aromatic rings. The van der Waals surface area contributed by atoms with Crippen molar-refractivity contribution in [1.82, 2.24) is 0 Å². The number of methoxy groups -OCH3 is 1. The van der Waals surface area contributed by atoms with Crippen molar-refractivity contribution >= 4 is 10.8 Å². The van der Waals surface area contributed by atoms with Crippen LogP contribution in [0.5, 0.6) is 5.75 Å². The number of aliphatic hydroxyl groups is 1. The number of nitrogens with two attached hydrogens (primary N) is 1. The lowest BCUT2D eigenvalue weighted by Crippen LogP contribution is -2.16. The highest BCUT2D eigenvalue weighted by Gasteiger charge is 2.14. The number of aliphatic hydroxyl groups excluding tert-OH is 1. The van der Waals surface area contributed by atoms with Crippen LogP contribution in [0.2, 0.25) is 0 Å². The third-order valence-electron chi connectivity index (χ3n) is 2.72. The first-order valence-electron chi connectivity index (χ1n) is 5.20. The van der Waals surface area contributed by atoms with E-state index in [0.29, 0.717) is 0 Å². The summed E-state index contributed by atoms with van der Waals surface area (Å²) in [7, 11) is 1.61. The van der Waals surface area contributed by atoms with E-state index in [4.69, 9.17) is 10.5 Å². The highest BCUT2D eigenvalue weighted by Crippen LogP contribution is 2.31. The summed E-state index contributed by atoms with van der Waals surface area (Å²) >= 11 is 0. The van der Waals surface area contributed by atoms with Crippen LogP contribution in [0.3, 0.4) is 0 Å². The summed E-state index contributed by atoms with van der Waals surface area (Å²) in [5.74, 6) is 0.722. The minimum Gasteiger partial charge on any atom is -0.496 e. The standard InChI is InChI=1S/C13H15NO2/c1-16-12-7-6-9-4-2-3-5-10(9)13(12)11(14)8-15/h2-7,11,15H,8,14H2,1H3/t11-/m0/s1. The van der Waals surface area contributed by atoms with E-state index < -0.39 is 6.04 Å². The van der Waals surface area contributed by atoms with Crippen LogP contribution in [0.4, 0.5) is 0 Å². The lowest BCUT2D eigenvalue weighted by atomic mass is 9.98. The maximum Gasteiger partial charge on any atom is 0.124 e. The Labute approximate surface area is 94.5 Å². The van der Waals surface area contributed by atoms with Crippen LogP contribution in [0.1, 0.15) is 11.6 Å². The van der Waals surface area contributed by atoms with Crippen molar-refractivity contribution in [2.45, 2.75) is 6.04 Å². The molecule has 0 amide bonds. The Bertz CT molecular complexity index is 496. The number of rotatable bonds is 3. The highest BCUT2D eigenvalue weighted by molar-refractivity contribution is 5.88. The molecule has 2 aromatic carbocycles. The van der Waals surface area contributed by atoms with Gasteiger partial charge in [0.05, 0.1) is 19.8 Å².